The van der Waals surface area contributed by atoms with Crippen LogP contribution < -0.4 is 5.73 Å². The molecule has 0 saturated heterocycles. The van der Waals surface area contributed by atoms with Crippen molar-refractivity contribution in [3.8, 4) is 0 Å². The van der Waals surface area contributed by atoms with Crippen LogP contribution in [0.1, 0.15) is 0 Å². The standard InChI is InChI=1S/C8H7ClN4S/c9-5-1-2-7(11-3-5)14-6-4-12-13-8(6)10/h1-4H,(H3,10,12,13). The summed E-state index contributed by atoms with van der Waals surface area (Å²) in [5.41, 5.74) is 5.63. The molecule has 14 heavy (non-hydrogen) atoms. The number of nitrogens with two attached hydrogens (primary N) is 1. The van der Waals surface area contributed by atoms with Crippen molar-refractivity contribution in [2.24, 2.45) is 0 Å². The molecule has 0 amide bonds. The molecule has 0 bridgehead atoms. The fourth-order valence-electron chi connectivity index (χ4n) is 0.902. The van der Waals surface area contributed by atoms with Crippen LogP contribution >= 0.6 is 23.4 Å². The second-order valence-electron chi connectivity index (χ2n) is 2.56. The van der Waals surface area contributed by atoms with Crippen LogP contribution in [0.3, 0.4) is 0 Å². The molecule has 0 fully saturated rings. The molecule has 0 aliphatic carbocycles. The highest BCUT2D eigenvalue weighted by Crippen LogP contribution is 2.29. The van der Waals surface area contributed by atoms with Crippen molar-refractivity contribution in [1.82, 2.24) is 15.2 Å². The summed E-state index contributed by atoms with van der Waals surface area (Å²) >= 11 is 7.15. The van der Waals surface area contributed by atoms with Gasteiger partial charge in [-0.3, -0.25) is 5.10 Å². The number of nitrogens with zero attached hydrogens (tertiary/aromatic N) is 2. The lowest BCUT2D eigenvalue weighted by atomic mass is 10.5. The maximum absolute atomic E-state index is 5.71. The Labute approximate surface area is 89.9 Å². The molecule has 0 aliphatic rings. The van der Waals surface area contributed by atoms with Crippen LogP contribution in [0.5, 0.6) is 0 Å². The quantitative estimate of drug-likeness (QED) is 0.824. The van der Waals surface area contributed by atoms with Gasteiger partial charge in [-0.25, -0.2) is 4.98 Å². The predicted octanol–water partition coefficient (Wildman–Crippen LogP) is 2.19. The third-order valence-electron chi connectivity index (χ3n) is 1.55. The molecule has 0 saturated carbocycles. The summed E-state index contributed by atoms with van der Waals surface area (Å²) in [6.07, 6.45) is 3.26. The zero-order chi connectivity index (χ0) is 9.97. The van der Waals surface area contributed by atoms with E-state index in [-0.39, 0.29) is 0 Å². The van der Waals surface area contributed by atoms with E-state index in [2.05, 4.69) is 15.2 Å². The van der Waals surface area contributed by atoms with Gasteiger partial charge in [0, 0.05) is 6.20 Å². The Morgan fingerprint density at radius 3 is 2.79 bits per heavy atom. The number of aromatic amines is 1. The zero-order valence-electron chi connectivity index (χ0n) is 7.07. The molecule has 2 aromatic heterocycles. The largest absolute Gasteiger partial charge is 0.383 e. The van der Waals surface area contributed by atoms with E-state index in [0.717, 1.165) is 9.92 Å². The molecule has 0 radical (unpaired) electrons. The van der Waals surface area contributed by atoms with Gasteiger partial charge in [-0.1, -0.05) is 23.4 Å². The third kappa shape index (κ3) is 2.00. The molecule has 0 spiro atoms. The third-order valence-corrected chi connectivity index (χ3v) is 2.77. The number of pyridine rings is 1. The van der Waals surface area contributed by atoms with Crippen LogP contribution in [0.15, 0.2) is 34.4 Å². The number of halogens is 1. The molecule has 2 rings (SSSR count). The van der Waals surface area contributed by atoms with Crippen molar-refractivity contribution in [3.63, 3.8) is 0 Å². The average molecular weight is 227 g/mol. The van der Waals surface area contributed by atoms with Crippen molar-refractivity contribution in [3.05, 3.63) is 29.5 Å². The fourth-order valence-corrected chi connectivity index (χ4v) is 1.74. The first-order valence-electron chi connectivity index (χ1n) is 3.84. The van der Waals surface area contributed by atoms with Gasteiger partial charge < -0.3 is 5.73 Å². The number of hydrogen-bond acceptors (Lipinski definition) is 4. The maximum atomic E-state index is 5.71. The van der Waals surface area contributed by atoms with Crippen molar-refractivity contribution in [1.29, 1.82) is 0 Å². The smallest absolute Gasteiger partial charge is 0.133 e. The van der Waals surface area contributed by atoms with E-state index in [1.807, 2.05) is 6.07 Å². The summed E-state index contributed by atoms with van der Waals surface area (Å²) in [6, 6.07) is 3.62. The van der Waals surface area contributed by atoms with Gasteiger partial charge in [0.15, 0.2) is 0 Å². The molecule has 0 aromatic carbocycles. The number of H-pyrrole nitrogens is 1. The van der Waals surface area contributed by atoms with Gasteiger partial charge in [-0.05, 0) is 12.1 Å². The van der Waals surface area contributed by atoms with Crippen molar-refractivity contribution in [2.45, 2.75) is 9.92 Å². The second-order valence-corrected chi connectivity index (χ2v) is 4.06. The van der Waals surface area contributed by atoms with E-state index in [1.165, 1.54) is 11.8 Å². The summed E-state index contributed by atoms with van der Waals surface area (Å²) in [5.74, 6) is 0.548. The van der Waals surface area contributed by atoms with Gasteiger partial charge in [0.2, 0.25) is 0 Å². The number of anilines is 1. The minimum absolute atomic E-state index is 0.548. The molecule has 0 unspecified atom stereocenters. The summed E-state index contributed by atoms with van der Waals surface area (Å²) in [5, 5.41) is 7.92. The maximum Gasteiger partial charge on any atom is 0.133 e. The molecule has 4 nitrogen and oxygen atoms in total. The van der Waals surface area contributed by atoms with Gasteiger partial charge >= 0.3 is 0 Å². The topological polar surface area (TPSA) is 67.6 Å². The van der Waals surface area contributed by atoms with Gasteiger partial charge in [-0.15, -0.1) is 0 Å². The summed E-state index contributed by atoms with van der Waals surface area (Å²) < 4.78 is 0. The summed E-state index contributed by atoms with van der Waals surface area (Å²) in [6.45, 7) is 0. The molecule has 2 aromatic rings. The minimum Gasteiger partial charge on any atom is -0.383 e. The Bertz CT molecular complexity index is 425. The number of rotatable bonds is 2. The molecule has 2 heterocycles. The number of aromatic nitrogens is 3. The first-order chi connectivity index (χ1) is 6.75. The lowest BCUT2D eigenvalue weighted by molar-refractivity contribution is 1.10. The number of nitrogens with one attached hydrogen (secondary N) is 1. The van der Waals surface area contributed by atoms with E-state index in [9.17, 15) is 0 Å². The van der Waals surface area contributed by atoms with E-state index in [1.54, 1.807) is 18.5 Å². The Morgan fingerprint density at radius 1 is 1.36 bits per heavy atom. The highest BCUT2D eigenvalue weighted by Gasteiger charge is 2.04. The summed E-state index contributed by atoms with van der Waals surface area (Å²) in [7, 11) is 0. The van der Waals surface area contributed by atoms with Crippen molar-refractivity contribution in [2.75, 3.05) is 5.73 Å². The Morgan fingerprint density at radius 2 is 2.21 bits per heavy atom. The predicted molar refractivity (Wildman–Crippen MR) is 56.4 cm³/mol. The highest BCUT2D eigenvalue weighted by atomic mass is 35.5. The second kappa shape index (κ2) is 3.89. The lowest BCUT2D eigenvalue weighted by Crippen LogP contribution is -1.86. The minimum atomic E-state index is 0.548. The van der Waals surface area contributed by atoms with Gasteiger partial charge in [-0.2, -0.15) is 5.10 Å². The van der Waals surface area contributed by atoms with Crippen molar-refractivity contribution >= 4 is 29.2 Å². The zero-order valence-corrected chi connectivity index (χ0v) is 8.64. The van der Waals surface area contributed by atoms with Crippen molar-refractivity contribution < 1.29 is 0 Å². The first kappa shape index (κ1) is 9.36. The SMILES string of the molecule is Nc1[nH]ncc1Sc1ccc(Cl)cn1. The molecule has 0 atom stereocenters. The van der Waals surface area contributed by atoms with Crippen LogP contribution in [-0.2, 0) is 0 Å². The molecule has 6 heteroatoms. The molecular weight excluding hydrogens is 220 g/mol. The molecule has 3 N–H and O–H groups in total. The molecule has 72 valence electrons. The Balaban J connectivity index is 2.19. The number of hydrogen-bond donors (Lipinski definition) is 2. The fraction of sp³-hybridized carbons (Fsp3) is 0. The van der Waals surface area contributed by atoms with Crippen LogP contribution in [0.4, 0.5) is 5.82 Å². The monoisotopic (exact) mass is 226 g/mol. The van der Waals surface area contributed by atoms with Crippen LogP contribution in [-0.4, -0.2) is 15.2 Å². The van der Waals surface area contributed by atoms with Crippen LogP contribution in [0.2, 0.25) is 5.02 Å². The first-order valence-corrected chi connectivity index (χ1v) is 5.03. The molecular formula is C8H7ClN4S. The van der Waals surface area contributed by atoms with Gasteiger partial charge in [0.25, 0.3) is 0 Å². The lowest BCUT2D eigenvalue weighted by Gasteiger charge is -1.98. The summed E-state index contributed by atoms with van der Waals surface area (Å²) in [4.78, 5) is 4.99. The number of nitrogen functional groups attached to an aromatic ring is 1. The van der Waals surface area contributed by atoms with Gasteiger partial charge in [0.05, 0.1) is 16.1 Å². The Kier molecular flexibility index (Phi) is 2.60. The van der Waals surface area contributed by atoms with Crippen LogP contribution in [0.25, 0.3) is 0 Å². The van der Waals surface area contributed by atoms with E-state index in [0.29, 0.717) is 10.8 Å². The molecule has 0 aliphatic heterocycles. The van der Waals surface area contributed by atoms with E-state index in [4.69, 9.17) is 17.3 Å². The van der Waals surface area contributed by atoms with E-state index >= 15 is 0 Å². The van der Waals surface area contributed by atoms with Crippen LogP contribution in [0, 0.1) is 0 Å². The highest BCUT2D eigenvalue weighted by molar-refractivity contribution is 7.99. The Hall–Kier alpha value is -1.20. The normalized spacial score (nSPS) is 10.4. The average Bonchev–Trinajstić information content (AvgIpc) is 2.56. The van der Waals surface area contributed by atoms with Gasteiger partial charge in [0.1, 0.15) is 10.8 Å². The van der Waals surface area contributed by atoms with E-state index < -0.39 is 0 Å².